The SMILES string of the molecule is Cc1ccc(C2=C(c3ccc(C=C4CN(CCCF)C4)c(F)c3)c3ccccc3CCC2)c(F)c1. The Kier molecular flexibility index (Phi) is 6.92. The first-order valence-corrected chi connectivity index (χ1v) is 12.4. The van der Waals surface area contributed by atoms with E-state index in [0.29, 0.717) is 17.5 Å². The maximum atomic E-state index is 15.4. The Morgan fingerprint density at radius 3 is 2.49 bits per heavy atom. The van der Waals surface area contributed by atoms with Crippen molar-refractivity contribution in [3.05, 3.63) is 111 Å². The molecular weight excluding hydrogens is 443 g/mol. The lowest BCUT2D eigenvalue weighted by molar-refractivity contribution is 0.239. The van der Waals surface area contributed by atoms with Crippen LogP contribution in [0.4, 0.5) is 13.2 Å². The first kappa shape index (κ1) is 23.6. The summed E-state index contributed by atoms with van der Waals surface area (Å²) in [5.74, 6) is -0.517. The average molecular weight is 474 g/mol. The van der Waals surface area contributed by atoms with E-state index in [0.717, 1.165) is 72.3 Å². The Balaban J connectivity index is 1.56. The van der Waals surface area contributed by atoms with Gasteiger partial charge in [-0.2, -0.15) is 0 Å². The topological polar surface area (TPSA) is 3.24 Å². The van der Waals surface area contributed by atoms with Crippen molar-refractivity contribution in [2.45, 2.75) is 32.6 Å². The fourth-order valence-electron chi connectivity index (χ4n) is 5.27. The molecule has 3 aromatic carbocycles. The zero-order chi connectivity index (χ0) is 24.4. The zero-order valence-corrected chi connectivity index (χ0v) is 20.1. The predicted octanol–water partition coefficient (Wildman–Crippen LogP) is 7.63. The van der Waals surface area contributed by atoms with Crippen LogP contribution in [0.25, 0.3) is 17.2 Å². The van der Waals surface area contributed by atoms with Gasteiger partial charge in [-0.05, 0) is 83.7 Å². The summed E-state index contributed by atoms with van der Waals surface area (Å²) in [6, 6.07) is 18.9. The second kappa shape index (κ2) is 10.2. The van der Waals surface area contributed by atoms with Crippen LogP contribution in [-0.2, 0) is 6.42 Å². The second-order valence-electron chi connectivity index (χ2n) is 9.64. The maximum Gasteiger partial charge on any atom is 0.131 e. The van der Waals surface area contributed by atoms with Crippen molar-refractivity contribution in [3.8, 4) is 0 Å². The molecule has 5 rings (SSSR count). The molecule has 0 amide bonds. The van der Waals surface area contributed by atoms with E-state index in [-0.39, 0.29) is 18.3 Å². The average Bonchev–Trinajstić information content (AvgIpc) is 3.01. The number of benzene rings is 3. The van der Waals surface area contributed by atoms with E-state index in [1.165, 1.54) is 5.56 Å². The zero-order valence-electron chi connectivity index (χ0n) is 20.1. The fourth-order valence-corrected chi connectivity index (χ4v) is 5.27. The van der Waals surface area contributed by atoms with Crippen LogP contribution in [0, 0.1) is 18.6 Å². The highest BCUT2D eigenvalue weighted by Gasteiger charge is 2.23. The quantitative estimate of drug-likeness (QED) is 0.356. The van der Waals surface area contributed by atoms with Crippen LogP contribution in [-0.4, -0.2) is 31.2 Å². The van der Waals surface area contributed by atoms with Gasteiger partial charge in [0.2, 0.25) is 0 Å². The highest BCUT2D eigenvalue weighted by Crippen LogP contribution is 2.41. The molecule has 4 heteroatoms. The van der Waals surface area contributed by atoms with Crippen LogP contribution >= 0.6 is 0 Å². The molecular formula is C31H30F3N. The van der Waals surface area contributed by atoms with E-state index in [9.17, 15) is 4.39 Å². The lowest BCUT2D eigenvalue weighted by atomic mass is 9.87. The van der Waals surface area contributed by atoms with E-state index in [4.69, 9.17) is 0 Å². The minimum Gasteiger partial charge on any atom is -0.295 e. The number of hydrogen-bond acceptors (Lipinski definition) is 1. The molecule has 0 radical (unpaired) electrons. The Labute approximate surface area is 205 Å². The Morgan fingerprint density at radius 2 is 1.71 bits per heavy atom. The van der Waals surface area contributed by atoms with Crippen LogP contribution in [0.15, 0.2) is 66.2 Å². The van der Waals surface area contributed by atoms with Gasteiger partial charge < -0.3 is 0 Å². The monoisotopic (exact) mass is 473 g/mol. The number of alkyl halides is 1. The van der Waals surface area contributed by atoms with Gasteiger partial charge in [-0.1, -0.05) is 54.6 Å². The third-order valence-corrected chi connectivity index (χ3v) is 7.02. The standard InChI is InChI=1S/C31H30F3N/c1-21-10-13-27(30(34)16-21)28-9-4-7-23-6-2-3-8-26(23)31(28)25-12-11-24(29(33)18-25)17-22-19-35(20-22)15-5-14-32/h2-3,6,8,10-13,16-18H,4-5,7,9,14-15,19-20H2,1H3. The molecule has 0 saturated carbocycles. The third kappa shape index (κ3) is 4.99. The number of allylic oxidation sites excluding steroid dienone is 1. The third-order valence-electron chi connectivity index (χ3n) is 7.02. The maximum absolute atomic E-state index is 15.4. The number of aryl methyl sites for hydroxylation is 2. The lowest BCUT2D eigenvalue weighted by Gasteiger charge is -2.33. The number of fused-ring (bicyclic) bond motifs is 1. The van der Waals surface area contributed by atoms with Crippen molar-refractivity contribution in [2.75, 3.05) is 26.3 Å². The molecule has 0 spiro atoms. The Morgan fingerprint density at radius 1 is 0.886 bits per heavy atom. The van der Waals surface area contributed by atoms with Gasteiger partial charge >= 0.3 is 0 Å². The number of nitrogens with zero attached hydrogens (tertiary/aromatic N) is 1. The molecule has 1 aliphatic carbocycles. The summed E-state index contributed by atoms with van der Waals surface area (Å²) in [4.78, 5) is 2.16. The number of hydrogen-bond donors (Lipinski definition) is 0. The van der Waals surface area contributed by atoms with Crippen LogP contribution in [0.3, 0.4) is 0 Å². The minimum absolute atomic E-state index is 0.235. The highest BCUT2D eigenvalue weighted by molar-refractivity contribution is 6.00. The summed E-state index contributed by atoms with van der Waals surface area (Å²) < 4.78 is 42.9. The lowest BCUT2D eigenvalue weighted by Crippen LogP contribution is -2.40. The molecule has 35 heavy (non-hydrogen) atoms. The predicted molar refractivity (Wildman–Crippen MR) is 138 cm³/mol. The molecule has 1 nitrogen and oxygen atoms in total. The molecule has 1 saturated heterocycles. The van der Waals surface area contributed by atoms with E-state index in [1.54, 1.807) is 12.1 Å². The smallest absolute Gasteiger partial charge is 0.131 e. The molecule has 1 aliphatic heterocycles. The minimum atomic E-state index is -0.306. The van der Waals surface area contributed by atoms with Crippen LogP contribution < -0.4 is 0 Å². The molecule has 0 aromatic heterocycles. The van der Waals surface area contributed by atoms with Gasteiger partial charge in [-0.15, -0.1) is 0 Å². The molecule has 3 aromatic rings. The first-order chi connectivity index (χ1) is 17.0. The summed E-state index contributed by atoms with van der Waals surface area (Å²) in [6.07, 6.45) is 4.99. The summed E-state index contributed by atoms with van der Waals surface area (Å²) in [5.41, 5.74) is 8.05. The van der Waals surface area contributed by atoms with Crippen LogP contribution in [0.2, 0.25) is 0 Å². The highest BCUT2D eigenvalue weighted by atomic mass is 19.1. The van der Waals surface area contributed by atoms with Gasteiger partial charge in [0.15, 0.2) is 0 Å². The Bertz CT molecular complexity index is 1300. The molecule has 0 atom stereocenters. The first-order valence-electron chi connectivity index (χ1n) is 12.4. The molecule has 0 bridgehead atoms. The summed E-state index contributed by atoms with van der Waals surface area (Å²) in [7, 11) is 0. The van der Waals surface area contributed by atoms with Crippen molar-refractivity contribution >= 4 is 17.2 Å². The van der Waals surface area contributed by atoms with Crippen molar-refractivity contribution in [2.24, 2.45) is 0 Å². The van der Waals surface area contributed by atoms with Gasteiger partial charge in [-0.25, -0.2) is 8.78 Å². The van der Waals surface area contributed by atoms with Crippen molar-refractivity contribution < 1.29 is 13.2 Å². The Hall–Kier alpha value is -3.11. The van der Waals surface area contributed by atoms with Crippen molar-refractivity contribution in [3.63, 3.8) is 0 Å². The molecule has 180 valence electrons. The van der Waals surface area contributed by atoms with Gasteiger partial charge in [-0.3, -0.25) is 9.29 Å². The van der Waals surface area contributed by atoms with Gasteiger partial charge in [0.05, 0.1) is 6.67 Å². The summed E-state index contributed by atoms with van der Waals surface area (Å²) in [5, 5.41) is 0. The number of likely N-dealkylation sites (tertiary alicyclic amines) is 1. The van der Waals surface area contributed by atoms with Crippen molar-refractivity contribution in [1.29, 1.82) is 0 Å². The molecule has 1 heterocycles. The number of halogens is 3. The summed E-state index contributed by atoms with van der Waals surface area (Å²) >= 11 is 0. The van der Waals surface area contributed by atoms with E-state index in [2.05, 4.69) is 17.0 Å². The van der Waals surface area contributed by atoms with E-state index >= 15 is 8.78 Å². The fraction of sp³-hybridized carbons (Fsp3) is 0.290. The van der Waals surface area contributed by atoms with E-state index in [1.807, 2.05) is 49.4 Å². The van der Waals surface area contributed by atoms with Gasteiger partial charge in [0, 0.05) is 30.8 Å². The molecule has 2 aliphatic rings. The molecule has 0 unspecified atom stereocenters. The molecule has 1 fully saturated rings. The largest absolute Gasteiger partial charge is 0.295 e. The molecule has 0 N–H and O–H groups in total. The van der Waals surface area contributed by atoms with Crippen LogP contribution in [0.1, 0.15) is 52.6 Å². The van der Waals surface area contributed by atoms with Gasteiger partial charge in [0.1, 0.15) is 11.6 Å². The van der Waals surface area contributed by atoms with E-state index < -0.39 is 0 Å². The summed E-state index contributed by atoms with van der Waals surface area (Å²) in [6.45, 7) is 3.84. The van der Waals surface area contributed by atoms with Gasteiger partial charge in [0.25, 0.3) is 0 Å². The van der Waals surface area contributed by atoms with Crippen molar-refractivity contribution in [1.82, 2.24) is 4.90 Å². The van der Waals surface area contributed by atoms with Crippen LogP contribution in [0.5, 0.6) is 0 Å². The second-order valence-corrected chi connectivity index (χ2v) is 9.64. The number of rotatable bonds is 6. The normalized spacial score (nSPS) is 16.1.